The Morgan fingerprint density at radius 2 is 1.56 bits per heavy atom. The molecule has 3 heterocycles. The number of aromatic nitrogens is 5. The van der Waals surface area contributed by atoms with E-state index in [1.807, 2.05) is 59.9 Å². The number of halogens is 1. The summed E-state index contributed by atoms with van der Waals surface area (Å²) < 4.78 is 20.6. The van der Waals surface area contributed by atoms with Gasteiger partial charge < -0.3 is 15.2 Å². The molecule has 6 aromatic rings. The van der Waals surface area contributed by atoms with Gasteiger partial charge in [-0.05, 0) is 36.4 Å². The number of carboxylic acid groups (broad SMARTS) is 1. The Morgan fingerprint density at radius 1 is 0.805 bits per heavy atom. The second-order valence-electron chi connectivity index (χ2n) is 8.74. The maximum atomic E-state index is 14.6. The van der Waals surface area contributed by atoms with E-state index in [1.165, 1.54) is 6.20 Å². The number of nitrogens with zero attached hydrogens (tertiary/aromatic N) is 5. The largest absolute Gasteiger partial charge is 0.465 e. The monoisotopic (exact) mass is 545 g/mol. The molecule has 6 rings (SSSR count). The van der Waals surface area contributed by atoms with Crippen LogP contribution in [0.3, 0.4) is 0 Å². The summed E-state index contributed by atoms with van der Waals surface area (Å²) in [5.41, 5.74) is 2.59. The van der Waals surface area contributed by atoms with Gasteiger partial charge in [-0.25, -0.2) is 24.1 Å². The van der Waals surface area contributed by atoms with Gasteiger partial charge in [0.05, 0.1) is 11.8 Å². The molecule has 0 fully saturated rings. The minimum absolute atomic E-state index is 0.0837. The summed E-state index contributed by atoms with van der Waals surface area (Å²) >= 11 is 0. The molecule has 0 aliphatic carbocycles. The fraction of sp³-hybridized carbons (Fsp3) is 0. The lowest BCUT2D eigenvalue weighted by atomic mass is 10.0. The summed E-state index contributed by atoms with van der Waals surface area (Å²) in [6.07, 6.45) is 1.00. The summed E-state index contributed by atoms with van der Waals surface area (Å²) in [4.78, 5) is 22.8. The molecule has 0 atom stereocenters. The molecule has 10 nitrogen and oxygen atoms in total. The molecule has 0 bridgehead atoms. The third-order valence-corrected chi connectivity index (χ3v) is 6.06. The molecule has 3 N–H and O–H groups in total. The van der Waals surface area contributed by atoms with Crippen LogP contribution in [0.1, 0.15) is 0 Å². The van der Waals surface area contributed by atoms with Crippen molar-refractivity contribution in [1.29, 1.82) is 0 Å². The molecule has 11 heteroatoms. The van der Waals surface area contributed by atoms with Gasteiger partial charge >= 0.3 is 6.09 Å². The van der Waals surface area contributed by atoms with E-state index in [-0.39, 0.29) is 23.1 Å². The molecule has 0 aliphatic rings. The van der Waals surface area contributed by atoms with Crippen molar-refractivity contribution in [3.8, 4) is 34.1 Å². The fourth-order valence-electron chi connectivity index (χ4n) is 4.22. The molecule has 1 amide bonds. The third-order valence-electron chi connectivity index (χ3n) is 6.06. The molecular formula is C30H20FN7O3. The molecule has 0 spiro atoms. The molecule has 0 saturated carbocycles. The SMILES string of the molecule is O=C(O)Nc1ncc(F)c(-c2cccnc2Oc2ccc(Nc3nnc(-c4ccccc4)c4ccccc34)cc2)n1. The van der Waals surface area contributed by atoms with Crippen LogP contribution in [-0.2, 0) is 0 Å². The Morgan fingerprint density at radius 3 is 2.34 bits per heavy atom. The Kier molecular flexibility index (Phi) is 6.81. The number of benzene rings is 3. The molecule has 41 heavy (non-hydrogen) atoms. The predicted molar refractivity (Wildman–Crippen MR) is 152 cm³/mol. The first-order valence-electron chi connectivity index (χ1n) is 12.4. The average Bonchev–Trinajstić information content (AvgIpc) is 3.00. The quantitative estimate of drug-likeness (QED) is 0.195. The van der Waals surface area contributed by atoms with Crippen LogP contribution in [0.4, 0.5) is 26.6 Å². The first-order valence-corrected chi connectivity index (χ1v) is 12.4. The zero-order chi connectivity index (χ0) is 28.2. The number of hydrogen-bond acceptors (Lipinski definition) is 8. The Bertz CT molecular complexity index is 1870. The summed E-state index contributed by atoms with van der Waals surface area (Å²) in [5.74, 6) is 0.0899. The molecular weight excluding hydrogens is 525 g/mol. The van der Waals surface area contributed by atoms with E-state index < -0.39 is 11.9 Å². The van der Waals surface area contributed by atoms with E-state index in [9.17, 15) is 9.18 Å². The van der Waals surface area contributed by atoms with Crippen LogP contribution in [0.25, 0.3) is 33.3 Å². The number of nitrogens with one attached hydrogen (secondary N) is 2. The van der Waals surface area contributed by atoms with Gasteiger partial charge in [0.2, 0.25) is 11.8 Å². The van der Waals surface area contributed by atoms with Crippen LogP contribution in [0.2, 0.25) is 0 Å². The second-order valence-corrected chi connectivity index (χ2v) is 8.74. The van der Waals surface area contributed by atoms with Gasteiger partial charge in [0.15, 0.2) is 11.6 Å². The zero-order valence-corrected chi connectivity index (χ0v) is 21.2. The average molecular weight is 546 g/mol. The van der Waals surface area contributed by atoms with Crippen LogP contribution in [0.15, 0.2) is 103 Å². The minimum Gasteiger partial charge on any atom is -0.465 e. The number of hydrogen-bond donors (Lipinski definition) is 3. The van der Waals surface area contributed by atoms with E-state index >= 15 is 0 Å². The maximum Gasteiger partial charge on any atom is 0.411 e. The lowest BCUT2D eigenvalue weighted by Gasteiger charge is -2.13. The molecule has 0 radical (unpaired) electrons. The highest BCUT2D eigenvalue weighted by Gasteiger charge is 2.17. The van der Waals surface area contributed by atoms with Crippen LogP contribution in [-0.4, -0.2) is 36.3 Å². The number of amides is 1. The zero-order valence-electron chi connectivity index (χ0n) is 21.2. The van der Waals surface area contributed by atoms with Crippen LogP contribution in [0.5, 0.6) is 11.6 Å². The molecule has 0 aliphatic heterocycles. The standard InChI is InChI=1S/C30H20FN7O3/c31-24-17-33-29(36-30(39)40)35-26(24)23-11-6-16-32-28(23)41-20-14-12-19(13-15-20)34-27-22-10-5-4-9-21(22)25(37-38-27)18-7-2-1-3-8-18/h1-17H,(H,34,38)(H,39,40)(H,33,35,36). The normalized spacial score (nSPS) is 10.8. The first kappa shape index (κ1) is 25.3. The number of ether oxygens (including phenoxy) is 1. The molecule has 0 unspecified atom stereocenters. The van der Waals surface area contributed by atoms with Crippen molar-refractivity contribution < 1.29 is 19.0 Å². The highest BCUT2D eigenvalue weighted by molar-refractivity contribution is 6.00. The highest BCUT2D eigenvalue weighted by Crippen LogP contribution is 2.34. The summed E-state index contributed by atoms with van der Waals surface area (Å²) in [6, 6.07) is 28.0. The summed E-state index contributed by atoms with van der Waals surface area (Å²) in [6.45, 7) is 0. The van der Waals surface area contributed by atoms with E-state index in [2.05, 4.69) is 30.5 Å². The van der Waals surface area contributed by atoms with Crippen molar-refractivity contribution in [2.45, 2.75) is 0 Å². The number of carbonyl (C=O) groups is 1. The number of rotatable bonds is 7. The predicted octanol–water partition coefficient (Wildman–Crippen LogP) is 6.91. The Labute approximate surface area is 232 Å². The van der Waals surface area contributed by atoms with Gasteiger partial charge in [-0.15, -0.1) is 10.2 Å². The Hall–Kier alpha value is -5.97. The number of anilines is 3. The molecule has 0 saturated heterocycles. The second kappa shape index (κ2) is 11.0. The van der Waals surface area contributed by atoms with Crippen molar-refractivity contribution in [2.75, 3.05) is 10.6 Å². The van der Waals surface area contributed by atoms with Crippen molar-refractivity contribution in [1.82, 2.24) is 25.1 Å². The summed E-state index contributed by atoms with van der Waals surface area (Å²) in [5, 5.41) is 25.1. The van der Waals surface area contributed by atoms with Gasteiger partial charge in [-0.1, -0.05) is 54.6 Å². The number of fused-ring (bicyclic) bond motifs is 1. The molecule has 3 aromatic carbocycles. The summed E-state index contributed by atoms with van der Waals surface area (Å²) in [7, 11) is 0. The van der Waals surface area contributed by atoms with Crippen LogP contribution in [0, 0.1) is 5.82 Å². The van der Waals surface area contributed by atoms with Gasteiger partial charge in [0.25, 0.3) is 0 Å². The lowest BCUT2D eigenvalue weighted by Crippen LogP contribution is -2.11. The van der Waals surface area contributed by atoms with Crippen molar-refractivity contribution in [3.63, 3.8) is 0 Å². The molecule has 200 valence electrons. The van der Waals surface area contributed by atoms with Crippen molar-refractivity contribution >= 4 is 34.3 Å². The van der Waals surface area contributed by atoms with Gasteiger partial charge in [-0.2, -0.15) is 0 Å². The fourth-order valence-corrected chi connectivity index (χ4v) is 4.22. The van der Waals surface area contributed by atoms with Gasteiger partial charge in [0.1, 0.15) is 17.1 Å². The topological polar surface area (TPSA) is 135 Å². The highest BCUT2D eigenvalue weighted by atomic mass is 19.1. The van der Waals surface area contributed by atoms with Crippen LogP contribution >= 0.6 is 0 Å². The Balaban J connectivity index is 1.25. The van der Waals surface area contributed by atoms with Gasteiger partial charge in [-0.3, -0.25) is 5.32 Å². The van der Waals surface area contributed by atoms with E-state index in [1.54, 1.807) is 36.4 Å². The first-order chi connectivity index (χ1) is 20.0. The van der Waals surface area contributed by atoms with E-state index in [0.717, 1.165) is 33.9 Å². The number of pyridine rings is 1. The van der Waals surface area contributed by atoms with Gasteiger partial charge in [0, 0.05) is 28.2 Å². The lowest BCUT2D eigenvalue weighted by molar-refractivity contribution is 0.209. The van der Waals surface area contributed by atoms with E-state index in [0.29, 0.717) is 11.6 Å². The van der Waals surface area contributed by atoms with E-state index in [4.69, 9.17) is 9.84 Å². The third kappa shape index (κ3) is 5.45. The maximum absolute atomic E-state index is 14.6. The minimum atomic E-state index is -1.37. The van der Waals surface area contributed by atoms with Crippen molar-refractivity contribution in [3.05, 3.63) is 109 Å². The van der Waals surface area contributed by atoms with Crippen molar-refractivity contribution in [2.24, 2.45) is 0 Å². The smallest absolute Gasteiger partial charge is 0.411 e. The van der Waals surface area contributed by atoms with Crippen LogP contribution < -0.4 is 15.4 Å². The molecule has 3 aromatic heterocycles.